The topological polar surface area (TPSA) is 41.1 Å². The van der Waals surface area contributed by atoms with Gasteiger partial charge in [0.1, 0.15) is 5.82 Å². The molecule has 1 aromatic heterocycles. The molecule has 4 heteroatoms. The molecule has 4 nitrogen and oxygen atoms in total. The van der Waals surface area contributed by atoms with Crippen LogP contribution in [0.3, 0.4) is 0 Å². The van der Waals surface area contributed by atoms with E-state index in [1.54, 1.807) is 0 Å². The van der Waals surface area contributed by atoms with Gasteiger partial charge in [-0.25, -0.2) is 4.98 Å². The van der Waals surface area contributed by atoms with Crippen LogP contribution in [-0.4, -0.2) is 30.6 Å². The van der Waals surface area contributed by atoms with Gasteiger partial charge in [0.05, 0.1) is 18.1 Å². The lowest BCUT2D eigenvalue weighted by Gasteiger charge is -2.17. The summed E-state index contributed by atoms with van der Waals surface area (Å²) in [5, 5.41) is 3.06. The first-order chi connectivity index (χ1) is 7.29. The number of hydrogen-bond acceptors (Lipinski definition) is 4. The third-order valence-corrected chi connectivity index (χ3v) is 2.67. The highest BCUT2D eigenvalue weighted by molar-refractivity contribution is 5.34. The third-order valence-electron chi connectivity index (χ3n) is 2.67. The largest absolute Gasteiger partial charge is 0.358 e. The number of aromatic nitrogens is 2. The molecule has 1 saturated carbocycles. The maximum Gasteiger partial charge on any atom is 0.146 e. The summed E-state index contributed by atoms with van der Waals surface area (Å²) in [6.07, 6.45) is 6.44. The van der Waals surface area contributed by atoms with Crippen LogP contribution >= 0.6 is 0 Å². The Hall–Kier alpha value is -1.16. The lowest BCUT2D eigenvalue weighted by Crippen LogP contribution is -2.21. The van der Waals surface area contributed by atoms with E-state index in [2.05, 4.69) is 27.2 Å². The molecule has 0 spiro atoms. The Morgan fingerprint density at radius 3 is 2.73 bits per heavy atom. The fourth-order valence-electron chi connectivity index (χ4n) is 1.60. The highest BCUT2D eigenvalue weighted by Gasteiger charge is 2.23. The molecule has 0 aromatic carbocycles. The normalized spacial score (nSPS) is 15.3. The van der Waals surface area contributed by atoms with Crippen molar-refractivity contribution in [3.05, 3.63) is 18.1 Å². The molecule has 0 aliphatic heterocycles. The van der Waals surface area contributed by atoms with Gasteiger partial charge < -0.3 is 10.2 Å². The Balaban J connectivity index is 1.95. The molecule has 82 valence electrons. The smallest absolute Gasteiger partial charge is 0.146 e. The average Bonchev–Trinajstić information content (AvgIpc) is 3.03. The quantitative estimate of drug-likeness (QED) is 0.781. The lowest BCUT2D eigenvalue weighted by atomic mass is 10.4. The minimum atomic E-state index is 0.777. The minimum Gasteiger partial charge on any atom is -0.358 e. The van der Waals surface area contributed by atoms with E-state index >= 15 is 0 Å². The summed E-state index contributed by atoms with van der Waals surface area (Å²) in [6.45, 7) is 1.89. The van der Waals surface area contributed by atoms with Gasteiger partial charge in [-0.15, -0.1) is 0 Å². The van der Waals surface area contributed by atoms with Crippen LogP contribution in [0.25, 0.3) is 0 Å². The fourth-order valence-corrected chi connectivity index (χ4v) is 1.60. The van der Waals surface area contributed by atoms with Crippen LogP contribution in [0.15, 0.2) is 12.4 Å². The number of nitrogens with zero attached hydrogens (tertiary/aromatic N) is 3. The highest BCUT2D eigenvalue weighted by Crippen LogP contribution is 2.30. The molecule has 1 N–H and O–H groups in total. The second kappa shape index (κ2) is 4.57. The van der Waals surface area contributed by atoms with Crippen LogP contribution in [0.2, 0.25) is 0 Å². The van der Waals surface area contributed by atoms with Crippen molar-refractivity contribution >= 4 is 5.82 Å². The van der Waals surface area contributed by atoms with E-state index in [9.17, 15) is 0 Å². The average molecular weight is 206 g/mol. The molecule has 0 unspecified atom stereocenters. The number of anilines is 1. The van der Waals surface area contributed by atoms with Gasteiger partial charge in [0.2, 0.25) is 0 Å². The summed E-state index contributed by atoms with van der Waals surface area (Å²) in [6, 6.07) is 0. The van der Waals surface area contributed by atoms with Crippen molar-refractivity contribution in [3.8, 4) is 0 Å². The van der Waals surface area contributed by atoms with Crippen LogP contribution < -0.4 is 10.2 Å². The standard InChI is InChI=1S/C11H18N4/c1-12-5-10-6-14-11(7-13-10)15(2)8-9-3-4-9/h6-7,9,12H,3-5,8H2,1-2H3. The molecule has 0 saturated heterocycles. The molecule has 15 heavy (non-hydrogen) atoms. The van der Waals surface area contributed by atoms with E-state index in [0.29, 0.717) is 0 Å². The van der Waals surface area contributed by atoms with Crippen molar-refractivity contribution < 1.29 is 0 Å². The highest BCUT2D eigenvalue weighted by atomic mass is 15.2. The Morgan fingerprint density at radius 2 is 2.20 bits per heavy atom. The van der Waals surface area contributed by atoms with E-state index in [1.165, 1.54) is 12.8 Å². The van der Waals surface area contributed by atoms with Crippen LogP contribution in [0.5, 0.6) is 0 Å². The molecule has 0 bridgehead atoms. The molecule has 1 aliphatic rings. The lowest BCUT2D eigenvalue weighted by molar-refractivity contribution is 0.759. The summed E-state index contributed by atoms with van der Waals surface area (Å²) in [4.78, 5) is 10.9. The maximum atomic E-state index is 4.40. The summed E-state index contributed by atoms with van der Waals surface area (Å²) in [5.41, 5.74) is 0.987. The predicted octanol–water partition coefficient (Wildman–Crippen LogP) is 1.04. The zero-order valence-corrected chi connectivity index (χ0v) is 9.40. The van der Waals surface area contributed by atoms with Gasteiger partial charge in [0.25, 0.3) is 0 Å². The van der Waals surface area contributed by atoms with Crippen molar-refractivity contribution in [2.75, 3.05) is 25.5 Å². The predicted molar refractivity (Wildman–Crippen MR) is 60.8 cm³/mol. The Morgan fingerprint density at radius 1 is 1.40 bits per heavy atom. The van der Waals surface area contributed by atoms with Crippen molar-refractivity contribution in [1.82, 2.24) is 15.3 Å². The van der Waals surface area contributed by atoms with Gasteiger partial charge in [0, 0.05) is 20.1 Å². The third kappa shape index (κ3) is 2.89. The molecule has 0 amide bonds. The molecule has 1 heterocycles. The molecule has 1 fully saturated rings. The molecule has 0 radical (unpaired) electrons. The summed E-state index contributed by atoms with van der Waals surface area (Å²) in [7, 11) is 3.99. The van der Waals surface area contributed by atoms with Gasteiger partial charge in [-0.2, -0.15) is 0 Å². The molecule has 1 aliphatic carbocycles. The van der Waals surface area contributed by atoms with Gasteiger partial charge in [-0.05, 0) is 25.8 Å². The first-order valence-electron chi connectivity index (χ1n) is 5.46. The number of hydrogen-bond donors (Lipinski definition) is 1. The van der Waals surface area contributed by atoms with Gasteiger partial charge in [-0.1, -0.05) is 0 Å². The molecular weight excluding hydrogens is 188 g/mol. The molecule has 2 rings (SSSR count). The van der Waals surface area contributed by atoms with Crippen LogP contribution in [0.4, 0.5) is 5.82 Å². The van der Waals surface area contributed by atoms with Crippen molar-refractivity contribution in [2.24, 2.45) is 5.92 Å². The summed E-state index contributed by atoms with van der Waals surface area (Å²) >= 11 is 0. The van der Waals surface area contributed by atoms with Gasteiger partial charge >= 0.3 is 0 Å². The zero-order chi connectivity index (χ0) is 10.7. The first-order valence-corrected chi connectivity index (χ1v) is 5.46. The van der Waals surface area contributed by atoms with Crippen molar-refractivity contribution in [2.45, 2.75) is 19.4 Å². The van der Waals surface area contributed by atoms with E-state index in [1.807, 2.05) is 19.4 Å². The maximum absolute atomic E-state index is 4.40. The molecular formula is C11H18N4. The van der Waals surface area contributed by atoms with Gasteiger partial charge in [-0.3, -0.25) is 4.98 Å². The summed E-state index contributed by atoms with van der Waals surface area (Å²) < 4.78 is 0. The van der Waals surface area contributed by atoms with E-state index in [0.717, 1.165) is 30.5 Å². The second-order valence-corrected chi connectivity index (χ2v) is 4.22. The number of nitrogens with one attached hydrogen (secondary N) is 1. The van der Waals surface area contributed by atoms with Gasteiger partial charge in [0.15, 0.2) is 0 Å². The van der Waals surface area contributed by atoms with Crippen molar-refractivity contribution in [3.63, 3.8) is 0 Å². The minimum absolute atomic E-state index is 0.777. The molecule has 0 atom stereocenters. The molecule has 1 aromatic rings. The number of rotatable bonds is 5. The first kappa shape index (κ1) is 10.4. The zero-order valence-electron chi connectivity index (χ0n) is 9.40. The van der Waals surface area contributed by atoms with Crippen molar-refractivity contribution in [1.29, 1.82) is 0 Å². The van der Waals surface area contributed by atoms with Crippen LogP contribution in [0.1, 0.15) is 18.5 Å². The van der Waals surface area contributed by atoms with E-state index < -0.39 is 0 Å². The van der Waals surface area contributed by atoms with E-state index in [-0.39, 0.29) is 0 Å². The van der Waals surface area contributed by atoms with Crippen LogP contribution in [0, 0.1) is 5.92 Å². The Kier molecular flexibility index (Phi) is 3.16. The van der Waals surface area contributed by atoms with Crippen LogP contribution in [-0.2, 0) is 6.54 Å². The second-order valence-electron chi connectivity index (χ2n) is 4.22. The monoisotopic (exact) mass is 206 g/mol. The Labute approximate surface area is 90.7 Å². The fraction of sp³-hybridized carbons (Fsp3) is 0.636. The van der Waals surface area contributed by atoms with E-state index in [4.69, 9.17) is 0 Å². The Bertz CT molecular complexity index is 305. The SMILES string of the molecule is CNCc1cnc(N(C)CC2CC2)cn1. The summed E-state index contributed by atoms with van der Waals surface area (Å²) in [5.74, 6) is 1.86.